The van der Waals surface area contributed by atoms with Gasteiger partial charge in [-0.15, -0.1) is 0 Å². The van der Waals surface area contributed by atoms with Crippen LogP contribution in [0.1, 0.15) is 27.3 Å². The van der Waals surface area contributed by atoms with E-state index in [-0.39, 0.29) is 23.2 Å². The Morgan fingerprint density at radius 2 is 2.00 bits per heavy atom. The molecule has 2 heterocycles. The highest BCUT2D eigenvalue weighted by molar-refractivity contribution is 5.95. The molecule has 0 saturated carbocycles. The number of hydrogen-bond donors (Lipinski definition) is 2. The Morgan fingerprint density at radius 3 is 2.69 bits per heavy atom. The summed E-state index contributed by atoms with van der Waals surface area (Å²) in [6.45, 7) is 3.85. The highest BCUT2D eigenvalue weighted by Crippen LogP contribution is 2.11. The highest BCUT2D eigenvalue weighted by Gasteiger charge is 2.16. The van der Waals surface area contributed by atoms with E-state index in [0.717, 1.165) is 5.56 Å². The van der Waals surface area contributed by atoms with E-state index in [2.05, 4.69) is 20.4 Å². The molecule has 3 aromatic rings. The quantitative estimate of drug-likeness (QED) is 0.728. The first-order chi connectivity index (χ1) is 12.4. The minimum absolute atomic E-state index is 0.262. The topological polar surface area (TPSA) is 92.7 Å². The minimum atomic E-state index is -0.288. The molecule has 0 fully saturated rings. The van der Waals surface area contributed by atoms with Gasteiger partial charge in [0.1, 0.15) is 5.82 Å². The number of carbonyl (C=O) groups excluding carboxylic acids is 1. The first-order valence-electron chi connectivity index (χ1n) is 8.09. The van der Waals surface area contributed by atoms with Crippen LogP contribution in [0.4, 0.5) is 4.39 Å². The maximum atomic E-state index is 12.9. The SMILES string of the molecule is Cc1cc(=O)[nH]c(-n2ncc(C(=O)NCCc3ccc(F)cc3)c2C)n1. The maximum absolute atomic E-state index is 12.9. The van der Waals surface area contributed by atoms with E-state index < -0.39 is 0 Å². The molecule has 0 unspecified atom stereocenters. The molecule has 3 rings (SSSR count). The molecule has 0 aliphatic rings. The van der Waals surface area contributed by atoms with Crippen molar-refractivity contribution in [1.29, 1.82) is 0 Å². The van der Waals surface area contributed by atoms with Gasteiger partial charge in [-0.1, -0.05) is 12.1 Å². The number of H-pyrrole nitrogens is 1. The lowest BCUT2D eigenvalue weighted by Gasteiger charge is -2.06. The summed E-state index contributed by atoms with van der Waals surface area (Å²) >= 11 is 0. The van der Waals surface area contributed by atoms with E-state index in [9.17, 15) is 14.0 Å². The normalized spacial score (nSPS) is 10.7. The first-order valence-corrected chi connectivity index (χ1v) is 8.09. The molecule has 2 aromatic heterocycles. The second-order valence-corrected chi connectivity index (χ2v) is 5.90. The Labute approximate surface area is 148 Å². The molecule has 0 spiro atoms. The molecular formula is C18H18FN5O2. The fraction of sp³-hybridized carbons (Fsp3) is 0.222. The van der Waals surface area contributed by atoms with Crippen molar-refractivity contribution in [2.75, 3.05) is 6.54 Å². The van der Waals surface area contributed by atoms with E-state index in [4.69, 9.17) is 0 Å². The summed E-state index contributed by atoms with van der Waals surface area (Å²) in [6.07, 6.45) is 2.02. The Balaban J connectivity index is 1.69. The van der Waals surface area contributed by atoms with Crippen LogP contribution < -0.4 is 10.9 Å². The summed E-state index contributed by atoms with van der Waals surface area (Å²) in [5.41, 5.74) is 2.17. The van der Waals surface area contributed by atoms with Gasteiger partial charge in [0.05, 0.1) is 17.5 Å². The molecule has 0 saturated heterocycles. The number of aryl methyl sites for hydroxylation is 1. The van der Waals surface area contributed by atoms with Gasteiger partial charge in [0.15, 0.2) is 0 Å². The summed E-state index contributed by atoms with van der Waals surface area (Å²) in [4.78, 5) is 30.8. The Morgan fingerprint density at radius 1 is 1.27 bits per heavy atom. The van der Waals surface area contributed by atoms with Crippen LogP contribution >= 0.6 is 0 Å². The lowest BCUT2D eigenvalue weighted by molar-refractivity contribution is 0.0953. The van der Waals surface area contributed by atoms with E-state index in [1.807, 2.05) is 0 Å². The number of rotatable bonds is 5. The molecular weight excluding hydrogens is 337 g/mol. The van der Waals surface area contributed by atoms with Crippen molar-refractivity contribution in [2.45, 2.75) is 20.3 Å². The van der Waals surface area contributed by atoms with Gasteiger partial charge in [-0.2, -0.15) is 5.10 Å². The van der Waals surface area contributed by atoms with Crippen molar-refractivity contribution >= 4 is 5.91 Å². The molecule has 1 amide bonds. The Kier molecular flexibility index (Phi) is 4.92. The zero-order valence-corrected chi connectivity index (χ0v) is 14.4. The van der Waals surface area contributed by atoms with Crippen molar-refractivity contribution in [3.63, 3.8) is 0 Å². The average molecular weight is 355 g/mol. The number of nitrogens with one attached hydrogen (secondary N) is 2. The van der Waals surface area contributed by atoms with Crippen LogP contribution in [0.3, 0.4) is 0 Å². The predicted octanol–water partition coefficient (Wildman–Crippen LogP) is 1.68. The number of nitrogens with zero attached hydrogens (tertiary/aromatic N) is 3. The third-order valence-electron chi connectivity index (χ3n) is 3.92. The number of benzene rings is 1. The van der Waals surface area contributed by atoms with Crippen molar-refractivity contribution < 1.29 is 9.18 Å². The van der Waals surface area contributed by atoms with E-state index in [0.29, 0.717) is 29.9 Å². The zero-order chi connectivity index (χ0) is 18.7. The fourth-order valence-corrected chi connectivity index (χ4v) is 2.58. The maximum Gasteiger partial charge on any atom is 0.254 e. The number of aromatic amines is 1. The molecule has 26 heavy (non-hydrogen) atoms. The lowest BCUT2D eigenvalue weighted by Crippen LogP contribution is -2.26. The second kappa shape index (κ2) is 7.30. The van der Waals surface area contributed by atoms with Gasteiger partial charge in [-0.3, -0.25) is 14.6 Å². The van der Waals surface area contributed by atoms with Crippen LogP contribution in [0.5, 0.6) is 0 Å². The van der Waals surface area contributed by atoms with Gasteiger partial charge in [-0.25, -0.2) is 14.1 Å². The summed E-state index contributed by atoms with van der Waals surface area (Å²) in [6, 6.07) is 7.53. The van der Waals surface area contributed by atoms with Gasteiger partial charge in [-0.05, 0) is 38.0 Å². The van der Waals surface area contributed by atoms with Crippen LogP contribution in [0.2, 0.25) is 0 Å². The van der Waals surface area contributed by atoms with Crippen molar-refractivity contribution in [1.82, 2.24) is 25.1 Å². The third kappa shape index (κ3) is 3.85. The van der Waals surface area contributed by atoms with Crippen molar-refractivity contribution in [2.24, 2.45) is 0 Å². The minimum Gasteiger partial charge on any atom is -0.352 e. The molecule has 0 aliphatic carbocycles. The van der Waals surface area contributed by atoms with Crippen molar-refractivity contribution in [3.05, 3.63) is 75.2 Å². The number of hydrogen-bond acceptors (Lipinski definition) is 4. The molecule has 0 atom stereocenters. The molecule has 7 nitrogen and oxygen atoms in total. The second-order valence-electron chi connectivity index (χ2n) is 5.90. The van der Waals surface area contributed by atoms with Crippen molar-refractivity contribution in [3.8, 4) is 5.95 Å². The molecule has 134 valence electrons. The van der Waals surface area contributed by atoms with Gasteiger partial charge in [0.2, 0.25) is 5.95 Å². The first kappa shape index (κ1) is 17.5. The Hall–Kier alpha value is -3.29. The van der Waals surface area contributed by atoms with Crippen LogP contribution in [0.15, 0.2) is 41.3 Å². The van der Waals surface area contributed by atoms with E-state index in [1.54, 1.807) is 26.0 Å². The van der Waals surface area contributed by atoms with E-state index >= 15 is 0 Å². The molecule has 0 aliphatic heterocycles. The largest absolute Gasteiger partial charge is 0.352 e. The average Bonchev–Trinajstić information content (AvgIpc) is 2.97. The van der Waals surface area contributed by atoms with Crippen LogP contribution in [0.25, 0.3) is 5.95 Å². The summed E-state index contributed by atoms with van der Waals surface area (Å²) < 4.78 is 14.3. The Bertz CT molecular complexity index is 992. The molecule has 0 bridgehead atoms. The van der Waals surface area contributed by atoms with Crippen LogP contribution in [-0.2, 0) is 6.42 Å². The van der Waals surface area contributed by atoms with Gasteiger partial charge >= 0.3 is 0 Å². The fourth-order valence-electron chi connectivity index (χ4n) is 2.58. The molecule has 2 N–H and O–H groups in total. The van der Waals surface area contributed by atoms with Crippen LogP contribution in [0, 0.1) is 19.7 Å². The van der Waals surface area contributed by atoms with Gasteiger partial charge in [0.25, 0.3) is 11.5 Å². The molecule has 1 aromatic carbocycles. The number of halogens is 1. The summed E-state index contributed by atoms with van der Waals surface area (Å²) in [5.74, 6) is -0.299. The molecule has 0 radical (unpaired) electrons. The zero-order valence-electron chi connectivity index (χ0n) is 14.4. The summed E-state index contributed by atoms with van der Waals surface area (Å²) in [7, 11) is 0. The predicted molar refractivity (Wildman–Crippen MR) is 93.9 cm³/mol. The van der Waals surface area contributed by atoms with Gasteiger partial charge < -0.3 is 5.32 Å². The third-order valence-corrected chi connectivity index (χ3v) is 3.92. The standard InChI is InChI=1S/C18H18FN5O2/c1-11-9-16(25)23-18(22-11)24-12(2)15(10-21-24)17(26)20-8-7-13-3-5-14(19)6-4-13/h3-6,9-10H,7-8H2,1-2H3,(H,20,26)(H,22,23,25). The number of amides is 1. The van der Waals surface area contributed by atoms with Crippen LogP contribution in [-0.4, -0.2) is 32.2 Å². The van der Waals surface area contributed by atoms with Gasteiger partial charge in [0, 0.05) is 18.3 Å². The summed E-state index contributed by atoms with van der Waals surface area (Å²) in [5, 5.41) is 6.96. The smallest absolute Gasteiger partial charge is 0.254 e. The number of aromatic nitrogens is 4. The highest BCUT2D eigenvalue weighted by atomic mass is 19.1. The number of carbonyl (C=O) groups is 1. The molecule has 8 heteroatoms. The van der Waals surface area contributed by atoms with E-state index in [1.165, 1.54) is 29.1 Å². The lowest BCUT2D eigenvalue weighted by atomic mass is 10.1. The monoisotopic (exact) mass is 355 g/mol.